The fourth-order valence-corrected chi connectivity index (χ4v) is 3.00. The van der Waals surface area contributed by atoms with Gasteiger partial charge >= 0.3 is 0 Å². The van der Waals surface area contributed by atoms with Crippen LogP contribution in [-0.4, -0.2) is 18.2 Å². The Balaban J connectivity index is 1.70. The molecule has 0 fully saturated rings. The third-order valence-electron chi connectivity index (χ3n) is 3.00. The second-order valence-electron chi connectivity index (χ2n) is 4.78. The van der Waals surface area contributed by atoms with Crippen LogP contribution in [0.15, 0.2) is 48.5 Å². The molecule has 0 saturated carbocycles. The van der Waals surface area contributed by atoms with Gasteiger partial charge in [0.1, 0.15) is 0 Å². The van der Waals surface area contributed by atoms with E-state index in [2.05, 4.69) is 36.5 Å². The number of nitrogens with one attached hydrogen (secondary N) is 1. The van der Waals surface area contributed by atoms with Crippen LogP contribution in [0.4, 0.5) is 0 Å². The molecule has 0 heterocycles. The quantitative estimate of drug-likeness (QED) is 0.804. The maximum Gasteiger partial charge on any atom is 0.252 e. The molecule has 2 aromatic rings. The molecule has 0 aromatic heterocycles. The van der Waals surface area contributed by atoms with Crippen molar-refractivity contribution in [3.63, 3.8) is 0 Å². The van der Waals surface area contributed by atoms with Crippen molar-refractivity contribution in [2.45, 2.75) is 12.7 Å². The molecule has 0 aliphatic rings. The summed E-state index contributed by atoms with van der Waals surface area (Å²) in [6, 6.07) is 15.6. The summed E-state index contributed by atoms with van der Waals surface area (Å²) in [7, 11) is 0. The lowest BCUT2D eigenvalue weighted by atomic mass is 10.2. The van der Waals surface area contributed by atoms with Gasteiger partial charge in [0.05, 0.1) is 10.6 Å². The lowest BCUT2D eigenvalue weighted by Gasteiger charge is -2.07. The first-order valence-electron chi connectivity index (χ1n) is 6.83. The highest BCUT2D eigenvalue weighted by Crippen LogP contribution is 2.15. The highest BCUT2D eigenvalue weighted by Gasteiger charge is 2.08. The fourth-order valence-electron chi connectivity index (χ4n) is 1.97. The van der Waals surface area contributed by atoms with Gasteiger partial charge in [0, 0.05) is 18.1 Å². The van der Waals surface area contributed by atoms with Gasteiger partial charge < -0.3 is 5.32 Å². The van der Waals surface area contributed by atoms with Crippen molar-refractivity contribution in [3.8, 4) is 0 Å². The fraction of sp³-hybridized carbons (Fsp3) is 0.235. The predicted molar refractivity (Wildman–Crippen MR) is 91.1 cm³/mol. The van der Waals surface area contributed by atoms with Crippen molar-refractivity contribution in [2.24, 2.45) is 0 Å². The monoisotopic (exact) mass is 319 g/mol. The number of carbonyl (C=O) groups is 1. The molecule has 0 atom stereocenters. The van der Waals surface area contributed by atoms with Crippen LogP contribution in [0.25, 0.3) is 0 Å². The number of aryl methyl sites for hydroxylation is 1. The highest BCUT2D eigenvalue weighted by atomic mass is 35.5. The van der Waals surface area contributed by atoms with Gasteiger partial charge in [-0.3, -0.25) is 4.79 Å². The van der Waals surface area contributed by atoms with Crippen molar-refractivity contribution in [1.82, 2.24) is 5.32 Å². The normalized spacial score (nSPS) is 10.4. The molecule has 0 aliphatic carbocycles. The molecular formula is C17H18ClNOS. The van der Waals surface area contributed by atoms with E-state index in [0.29, 0.717) is 17.1 Å². The van der Waals surface area contributed by atoms with Crippen molar-refractivity contribution >= 4 is 29.3 Å². The Morgan fingerprint density at radius 3 is 2.76 bits per heavy atom. The number of hydrogen-bond acceptors (Lipinski definition) is 2. The van der Waals surface area contributed by atoms with E-state index in [9.17, 15) is 4.79 Å². The molecule has 0 bridgehead atoms. The Kier molecular flexibility index (Phi) is 6.15. The minimum atomic E-state index is -0.114. The summed E-state index contributed by atoms with van der Waals surface area (Å²) in [5.74, 6) is 1.73. The molecule has 2 aromatic carbocycles. The van der Waals surface area contributed by atoms with Gasteiger partial charge in [0.25, 0.3) is 5.91 Å². The molecule has 21 heavy (non-hydrogen) atoms. The van der Waals surface area contributed by atoms with E-state index in [4.69, 9.17) is 11.6 Å². The maximum absolute atomic E-state index is 11.9. The zero-order chi connectivity index (χ0) is 15.1. The number of thioether (sulfide) groups is 1. The second-order valence-corrected chi connectivity index (χ2v) is 6.29. The number of benzene rings is 2. The van der Waals surface area contributed by atoms with Crippen LogP contribution in [0.5, 0.6) is 0 Å². The molecule has 1 amide bonds. The molecule has 2 rings (SSSR count). The standard InChI is InChI=1S/C17H18ClNOS/c1-13-5-4-6-14(11-13)12-21-10-9-19-17(20)15-7-2-3-8-16(15)18/h2-8,11H,9-10,12H2,1H3,(H,19,20). The molecule has 2 nitrogen and oxygen atoms in total. The van der Waals surface area contributed by atoms with E-state index in [1.54, 1.807) is 12.1 Å². The largest absolute Gasteiger partial charge is 0.351 e. The zero-order valence-electron chi connectivity index (χ0n) is 11.9. The number of carbonyl (C=O) groups excluding carboxylic acids is 1. The SMILES string of the molecule is Cc1cccc(CSCCNC(=O)c2ccccc2Cl)c1. The summed E-state index contributed by atoms with van der Waals surface area (Å²) in [4.78, 5) is 11.9. The highest BCUT2D eigenvalue weighted by molar-refractivity contribution is 7.98. The third kappa shape index (κ3) is 5.10. The second kappa shape index (κ2) is 8.11. The average molecular weight is 320 g/mol. The van der Waals surface area contributed by atoms with Crippen LogP contribution in [0.3, 0.4) is 0 Å². The molecule has 4 heteroatoms. The average Bonchev–Trinajstić information content (AvgIpc) is 2.47. The van der Waals surface area contributed by atoms with Crippen LogP contribution in [0, 0.1) is 6.92 Å². The van der Waals surface area contributed by atoms with Gasteiger partial charge in [-0.1, -0.05) is 53.6 Å². The van der Waals surface area contributed by atoms with Gasteiger partial charge in [0.2, 0.25) is 0 Å². The summed E-state index contributed by atoms with van der Waals surface area (Å²) >= 11 is 7.80. The smallest absolute Gasteiger partial charge is 0.252 e. The Morgan fingerprint density at radius 1 is 1.19 bits per heavy atom. The summed E-state index contributed by atoms with van der Waals surface area (Å²) in [6.45, 7) is 2.73. The Bertz CT molecular complexity index is 615. The van der Waals surface area contributed by atoms with Crippen molar-refractivity contribution in [3.05, 3.63) is 70.2 Å². The Morgan fingerprint density at radius 2 is 2.00 bits per heavy atom. The van der Waals surface area contributed by atoms with E-state index in [0.717, 1.165) is 11.5 Å². The van der Waals surface area contributed by atoms with Crippen LogP contribution in [0.1, 0.15) is 21.5 Å². The van der Waals surface area contributed by atoms with Crippen LogP contribution >= 0.6 is 23.4 Å². The molecule has 0 radical (unpaired) electrons. The van der Waals surface area contributed by atoms with Gasteiger partial charge in [0.15, 0.2) is 0 Å². The van der Waals surface area contributed by atoms with E-state index >= 15 is 0 Å². The molecule has 0 saturated heterocycles. The minimum absolute atomic E-state index is 0.114. The first-order valence-corrected chi connectivity index (χ1v) is 8.36. The minimum Gasteiger partial charge on any atom is -0.351 e. The molecule has 110 valence electrons. The zero-order valence-corrected chi connectivity index (χ0v) is 13.5. The molecule has 0 aliphatic heterocycles. The summed E-state index contributed by atoms with van der Waals surface area (Å²) < 4.78 is 0. The Hall–Kier alpha value is -1.45. The Labute approximate surface area is 134 Å². The van der Waals surface area contributed by atoms with Crippen molar-refractivity contribution in [2.75, 3.05) is 12.3 Å². The van der Waals surface area contributed by atoms with E-state index in [-0.39, 0.29) is 5.91 Å². The van der Waals surface area contributed by atoms with E-state index in [1.165, 1.54) is 11.1 Å². The maximum atomic E-state index is 11.9. The third-order valence-corrected chi connectivity index (χ3v) is 4.36. The van der Waals surface area contributed by atoms with E-state index in [1.807, 2.05) is 23.9 Å². The summed E-state index contributed by atoms with van der Waals surface area (Å²) in [5, 5.41) is 3.38. The van der Waals surface area contributed by atoms with Crippen molar-refractivity contribution < 1.29 is 4.79 Å². The number of hydrogen-bond donors (Lipinski definition) is 1. The molecule has 1 N–H and O–H groups in total. The van der Waals surface area contributed by atoms with Gasteiger partial charge in [-0.05, 0) is 24.6 Å². The first kappa shape index (κ1) is 15.9. The lowest BCUT2D eigenvalue weighted by Crippen LogP contribution is -2.26. The summed E-state index contributed by atoms with van der Waals surface area (Å²) in [6.07, 6.45) is 0. The van der Waals surface area contributed by atoms with E-state index < -0.39 is 0 Å². The molecule has 0 spiro atoms. The van der Waals surface area contributed by atoms with Crippen LogP contribution in [0.2, 0.25) is 5.02 Å². The molecule has 0 unspecified atom stereocenters. The van der Waals surface area contributed by atoms with Gasteiger partial charge in [-0.15, -0.1) is 0 Å². The lowest BCUT2D eigenvalue weighted by molar-refractivity contribution is 0.0956. The topological polar surface area (TPSA) is 29.1 Å². The van der Waals surface area contributed by atoms with Crippen LogP contribution in [-0.2, 0) is 5.75 Å². The molecular weight excluding hydrogens is 302 g/mol. The van der Waals surface area contributed by atoms with Gasteiger partial charge in [-0.25, -0.2) is 0 Å². The number of rotatable bonds is 6. The predicted octanol–water partition coefficient (Wildman–Crippen LogP) is 4.31. The van der Waals surface area contributed by atoms with Gasteiger partial charge in [-0.2, -0.15) is 11.8 Å². The van der Waals surface area contributed by atoms with Crippen LogP contribution < -0.4 is 5.32 Å². The first-order chi connectivity index (χ1) is 10.2. The summed E-state index contributed by atoms with van der Waals surface area (Å²) in [5.41, 5.74) is 3.13. The number of halogens is 1. The van der Waals surface area contributed by atoms with Crippen molar-refractivity contribution in [1.29, 1.82) is 0 Å². The number of amides is 1.